The Kier molecular flexibility index (Phi) is 3.34. The highest BCUT2D eigenvalue weighted by atomic mass is 16.5. The maximum atomic E-state index is 11.0. The molecule has 1 heterocycles. The summed E-state index contributed by atoms with van der Waals surface area (Å²) in [5, 5.41) is 3.75. The van der Waals surface area contributed by atoms with Gasteiger partial charge in [0.05, 0.1) is 13.7 Å². The second-order valence-electron chi connectivity index (χ2n) is 2.79. The van der Waals surface area contributed by atoms with E-state index in [1.54, 1.807) is 0 Å². The third kappa shape index (κ3) is 2.74. The molecule has 0 aliphatic rings. The number of esters is 1. The molecule has 0 aliphatic carbocycles. The molecule has 0 saturated carbocycles. The Morgan fingerprint density at radius 3 is 2.87 bits per heavy atom. The molecule has 1 unspecified atom stereocenters. The van der Waals surface area contributed by atoms with Gasteiger partial charge in [0.2, 0.25) is 5.91 Å². The van der Waals surface area contributed by atoms with E-state index in [4.69, 9.17) is 11.5 Å². The molecule has 0 aromatic carbocycles. The number of ether oxygens (including phenoxy) is 1. The fourth-order valence-corrected chi connectivity index (χ4v) is 0.859. The molecular weight excluding hydrogens is 202 g/mol. The van der Waals surface area contributed by atoms with Gasteiger partial charge in [-0.25, -0.2) is 14.5 Å². The van der Waals surface area contributed by atoms with Gasteiger partial charge >= 0.3 is 5.97 Å². The Morgan fingerprint density at radius 2 is 2.33 bits per heavy atom. The van der Waals surface area contributed by atoms with Gasteiger partial charge in [-0.05, 0) is 0 Å². The average Bonchev–Trinajstić information content (AvgIpc) is 2.65. The number of carbonyl (C=O) groups is 2. The normalized spacial score (nSPS) is 12.1. The quantitative estimate of drug-likeness (QED) is 0.550. The van der Waals surface area contributed by atoms with Crippen LogP contribution < -0.4 is 11.5 Å². The summed E-state index contributed by atoms with van der Waals surface area (Å²) < 4.78 is 5.65. The van der Waals surface area contributed by atoms with Gasteiger partial charge in [0.15, 0.2) is 0 Å². The van der Waals surface area contributed by atoms with E-state index in [9.17, 15) is 9.59 Å². The lowest BCUT2D eigenvalue weighted by molar-refractivity contribution is -0.119. The van der Waals surface area contributed by atoms with E-state index in [2.05, 4.69) is 14.8 Å². The van der Waals surface area contributed by atoms with Gasteiger partial charge in [0, 0.05) is 0 Å². The Hall–Kier alpha value is -1.96. The number of amides is 1. The van der Waals surface area contributed by atoms with E-state index in [1.165, 1.54) is 18.1 Å². The second-order valence-corrected chi connectivity index (χ2v) is 2.79. The van der Waals surface area contributed by atoms with Gasteiger partial charge < -0.3 is 16.2 Å². The minimum Gasteiger partial charge on any atom is -0.463 e. The van der Waals surface area contributed by atoms with Gasteiger partial charge in [-0.3, -0.25) is 4.79 Å². The first-order valence-corrected chi connectivity index (χ1v) is 4.07. The predicted octanol–water partition coefficient (Wildman–Crippen LogP) is -2.12. The summed E-state index contributed by atoms with van der Waals surface area (Å²) in [6, 6.07) is -0.864. The van der Waals surface area contributed by atoms with Crippen LogP contribution in [0.2, 0.25) is 0 Å². The van der Waals surface area contributed by atoms with Crippen molar-refractivity contribution in [1.29, 1.82) is 0 Å². The molecule has 1 rings (SSSR count). The summed E-state index contributed by atoms with van der Waals surface area (Å²) in [7, 11) is 1.22. The molecule has 1 atom stereocenters. The van der Waals surface area contributed by atoms with Crippen molar-refractivity contribution in [2.45, 2.75) is 12.6 Å². The van der Waals surface area contributed by atoms with Crippen LogP contribution in [0.3, 0.4) is 0 Å². The monoisotopic (exact) mass is 213 g/mol. The van der Waals surface area contributed by atoms with Crippen LogP contribution in [0, 0.1) is 0 Å². The summed E-state index contributed by atoms with van der Waals surface area (Å²) >= 11 is 0. The first-order chi connectivity index (χ1) is 7.04. The molecule has 0 bridgehead atoms. The first-order valence-electron chi connectivity index (χ1n) is 4.07. The molecule has 0 fully saturated rings. The van der Waals surface area contributed by atoms with Crippen molar-refractivity contribution in [2.24, 2.45) is 11.5 Å². The molecule has 15 heavy (non-hydrogen) atoms. The average molecular weight is 213 g/mol. The number of primary amides is 1. The van der Waals surface area contributed by atoms with Gasteiger partial charge in [0.25, 0.3) is 5.82 Å². The molecule has 1 aromatic rings. The Bertz CT molecular complexity index is 374. The van der Waals surface area contributed by atoms with E-state index in [0.717, 1.165) is 0 Å². The van der Waals surface area contributed by atoms with Crippen LogP contribution in [0.4, 0.5) is 0 Å². The van der Waals surface area contributed by atoms with E-state index >= 15 is 0 Å². The van der Waals surface area contributed by atoms with Crippen LogP contribution in [0.5, 0.6) is 0 Å². The van der Waals surface area contributed by atoms with E-state index in [-0.39, 0.29) is 12.4 Å². The van der Waals surface area contributed by atoms with Crippen molar-refractivity contribution in [2.75, 3.05) is 7.11 Å². The van der Waals surface area contributed by atoms with Crippen molar-refractivity contribution >= 4 is 11.9 Å². The van der Waals surface area contributed by atoms with Crippen LogP contribution in [0.1, 0.15) is 10.6 Å². The highest BCUT2D eigenvalue weighted by molar-refractivity contribution is 5.84. The van der Waals surface area contributed by atoms with Gasteiger partial charge in [-0.2, -0.15) is 0 Å². The van der Waals surface area contributed by atoms with Crippen LogP contribution in [0.25, 0.3) is 0 Å². The molecule has 1 amide bonds. The number of hydrogen-bond donors (Lipinski definition) is 2. The zero-order valence-electron chi connectivity index (χ0n) is 8.08. The SMILES string of the molecule is COC(=O)c1ncn(CC(N)C(N)=O)n1. The highest BCUT2D eigenvalue weighted by Gasteiger charge is 2.14. The Morgan fingerprint density at radius 1 is 1.67 bits per heavy atom. The number of nitrogens with zero attached hydrogens (tertiary/aromatic N) is 3. The number of hydrogen-bond acceptors (Lipinski definition) is 6. The van der Waals surface area contributed by atoms with Crippen LogP contribution in [-0.4, -0.2) is 39.8 Å². The largest absolute Gasteiger partial charge is 0.463 e. The van der Waals surface area contributed by atoms with Gasteiger partial charge in [-0.15, -0.1) is 5.10 Å². The lowest BCUT2D eigenvalue weighted by Crippen LogP contribution is -2.40. The van der Waals surface area contributed by atoms with Crippen molar-refractivity contribution in [3.05, 3.63) is 12.2 Å². The van der Waals surface area contributed by atoms with E-state index < -0.39 is 17.9 Å². The van der Waals surface area contributed by atoms with Crippen molar-refractivity contribution in [3.63, 3.8) is 0 Å². The number of nitrogens with two attached hydrogens (primary N) is 2. The molecule has 0 saturated heterocycles. The fourth-order valence-electron chi connectivity index (χ4n) is 0.859. The number of rotatable bonds is 4. The zero-order valence-corrected chi connectivity index (χ0v) is 8.08. The van der Waals surface area contributed by atoms with E-state index in [1.807, 2.05) is 0 Å². The van der Waals surface area contributed by atoms with Crippen LogP contribution in [0.15, 0.2) is 6.33 Å². The standard InChI is InChI=1S/C7H11N5O3/c1-15-7(14)6-10-3-12(11-6)2-4(8)5(9)13/h3-4H,2,8H2,1H3,(H2,9,13). The summed E-state index contributed by atoms with van der Waals surface area (Å²) in [6.45, 7) is 0.0688. The maximum absolute atomic E-state index is 11.0. The highest BCUT2D eigenvalue weighted by Crippen LogP contribution is 1.93. The van der Waals surface area contributed by atoms with Crippen LogP contribution in [-0.2, 0) is 16.1 Å². The van der Waals surface area contributed by atoms with Gasteiger partial charge in [0.1, 0.15) is 12.4 Å². The lowest BCUT2D eigenvalue weighted by Gasteiger charge is -2.05. The van der Waals surface area contributed by atoms with Crippen molar-refractivity contribution in [1.82, 2.24) is 14.8 Å². The number of carbonyl (C=O) groups excluding carboxylic acids is 2. The Balaban J connectivity index is 2.68. The van der Waals surface area contributed by atoms with Gasteiger partial charge in [-0.1, -0.05) is 0 Å². The number of aromatic nitrogens is 3. The molecule has 0 spiro atoms. The molecule has 8 heteroatoms. The second kappa shape index (κ2) is 4.51. The lowest BCUT2D eigenvalue weighted by atomic mass is 10.3. The third-order valence-electron chi connectivity index (χ3n) is 1.65. The van der Waals surface area contributed by atoms with Crippen LogP contribution >= 0.6 is 0 Å². The topological polar surface area (TPSA) is 126 Å². The minimum absolute atomic E-state index is 0.0688. The molecule has 82 valence electrons. The molecule has 0 radical (unpaired) electrons. The molecule has 8 nitrogen and oxygen atoms in total. The fraction of sp³-hybridized carbons (Fsp3) is 0.429. The minimum atomic E-state index is -0.864. The smallest absolute Gasteiger partial charge is 0.377 e. The summed E-state index contributed by atoms with van der Waals surface area (Å²) in [6.07, 6.45) is 1.27. The molecule has 0 aliphatic heterocycles. The Labute approximate surface area is 85.2 Å². The summed E-state index contributed by atoms with van der Waals surface area (Å²) in [5.74, 6) is -1.39. The molecular formula is C7H11N5O3. The summed E-state index contributed by atoms with van der Waals surface area (Å²) in [5.41, 5.74) is 10.3. The number of methoxy groups -OCH3 is 1. The summed E-state index contributed by atoms with van der Waals surface area (Å²) in [4.78, 5) is 25.3. The van der Waals surface area contributed by atoms with Crippen molar-refractivity contribution in [3.8, 4) is 0 Å². The van der Waals surface area contributed by atoms with E-state index in [0.29, 0.717) is 0 Å². The third-order valence-corrected chi connectivity index (χ3v) is 1.65. The first kappa shape index (κ1) is 11.1. The predicted molar refractivity (Wildman–Crippen MR) is 48.5 cm³/mol. The van der Waals surface area contributed by atoms with Crippen molar-refractivity contribution < 1.29 is 14.3 Å². The molecule has 4 N–H and O–H groups in total. The maximum Gasteiger partial charge on any atom is 0.377 e. The zero-order chi connectivity index (χ0) is 11.4. The molecule has 1 aromatic heterocycles.